The Bertz CT molecular complexity index is 918. The van der Waals surface area contributed by atoms with Gasteiger partial charge in [0.15, 0.2) is 5.82 Å². The maximum Gasteiger partial charge on any atom is 0.153 e. The summed E-state index contributed by atoms with van der Waals surface area (Å²) in [5.74, 6) is 1.96. The van der Waals surface area contributed by atoms with Crippen LogP contribution in [0.4, 0.5) is 11.6 Å². The first kappa shape index (κ1) is 20.4. The number of piperidine rings is 1. The molecule has 2 aromatic rings. The van der Waals surface area contributed by atoms with Crippen LogP contribution in [0.15, 0.2) is 24.4 Å². The minimum absolute atomic E-state index is 0.374. The molecular formula is C23H30N6O2. The summed E-state index contributed by atoms with van der Waals surface area (Å²) in [6, 6.07) is 8.79. The predicted octanol–water partition coefficient (Wildman–Crippen LogP) is 3.21. The summed E-state index contributed by atoms with van der Waals surface area (Å²) in [5.41, 5.74) is 1.90. The van der Waals surface area contributed by atoms with Crippen LogP contribution in [0.2, 0.25) is 0 Å². The highest BCUT2D eigenvalue weighted by Gasteiger charge is 2.31. The summed E-state index contributed by atoms with van der Waals surface area (Å²) in [7, 11) is 0. The van der Waals surface area contributed by atoms with Gasteiger partial charge in [-0.05, 0) is 57.3 Å². The minimum Gasteiger partial charge on any atom is -0.381 e. The van der Waals surface area contributed by atoms with Crippen molar-refractivity contribution in [2.45, 2.75) is 50.1 Å². The second kappa shape index (κ2) is 9.35. The fourth-order valence-electron chi connectivity index (χ4n) is 5.07. The van der Waals surface area contributed by atoms with Crippen LogP contribution < -0.4 is 5.32 Å². The monoisotopic (exact) mass is 422 g/mol. The number of likely N-dealkylation sites (tertiary alicyclic amines) is 1. The molecule has 31 heavy (non-hydrogen) atoms. The van der Waals surface area contributed by atoms with Gasteiger partial charge in [-0.1, -0.05) is 0 Å². The van der Waals surface area contributed by atoms with Crippen molar-refractivity contribution in [3.05, 3.63) is 35.7 Å². The van der Waals surface area contributed by atoms with E-state index in [1.54, 1.807) is 18.3 Å². The van der Waals surface area contributed by atoms with Gasteiger partial charge in [0.2, 0.25) is 0 Å². The van der Waals surface area contributed by atoms with Gasteiger partial charge in [0.25, 0.3) is 0 Å². The van der Waals surface area contributed by atoms with Crippen LogP contribution in [-0.4, -0.2) is 65.2 Å². The van der Waals surface area contributed by atoms with Crippen LogP contribution in [0.25, 0.3) is 0 Å². The summed E-state index contributed by atoms with van der Waals surface area (Å²) < 4.78 is 13.4. The van der Waals surface area contributed by atoms with Crippen LogP contribution in [0.5, 0.6) is 0 Å². The number of ether oxygens (including phenoxy) is 2. The molecule has 8 nitrogen and oxygen atoms in total. The largest absolute Gasteiger partial charge is 0.381 e. The van der Waals surface area contributed by atoms with Gasteiger partial charge in [0.05, 0.1) is 24.3 Å². The molecule has 0 saturated carbocycles. The molecule has 0 aliphatic carbocycles. The summed E-state index contributed by atoms with van der Waals surface area (Å²) in [6.45, 7) is 5.60. The Morgan fingerprint density at radius 1 is 0.968 bits per heavy atom. The second-order valence-corrected chi connectivity index (χ2v) is 8.74. The van der Waals surface area contributed by atoms with E-state index in [0.29, 0.717) is 29.4 Å². The predicted molar refractivity (Wildman–Crippen MR) is 116 cm³/mol. The topological polar surface area (TPSA) is 88.2 Å². The zero-order valence-corrected chi connectivity index (χ0v) is 17.9. The van der Waals surface area contributed by atoms with Crippen LogP contribution >= 0.6 is 0 Å². The van der Waals surface area contributed by atoms with Crippen molar-refractivity contribution in [2.24, 2.45) is 0 Å². The van der Waals surface area contributed by atoms with E-state index in [-0.39, 0.29) is 0 Å². The molecule has 0 radical (unpaired) electrons. The number of rotatable bonds is 5. The molecule has 5 heterocycles. The second-order valence-electron chi connectivity index (χ2n) is 8.74. The first-order valence-corrected chi connectivity index (χ1v) is 11.4. The lowest BCUT2D eigenvalue weighted by molar-refractivity contribution is 0.0642. The minimum atomic E-state index is 0.374. The third-order valence-corrected chi connectivity index (χ3v) is 6.82. The van der Waals surface area contributed by atoms with Crippen LogP contribution in [0.3, 0.4) is 0 Å². The van der Waals surface area contributed by atoms with E-state index in [9.17, 15) is 0 Å². The lowest BCUT2D eigenvalue weighted by Crippen LogP contribution is -2.41. The number of hydrogen-bond acceptors (Lipinski definition) is 7. The average molecular weight is 423 g/mol. The van der Waals surface area contributed by atoms with Gasteiger partial charge < -0.3 is 14.8 Å². The smallest absolute Gasteiger partial charge is 0.153 e. The van der Waals surface area contributed by atoms with Gasteiger partial charge in [-0.25, -0.2) is 4.98 Å². The molecule has 3 fully saturated rings. The number of aromatic nitrogens is 3. The zero-order valence-electron chi connectivity index (χ0n) is 17.9. The average Bonchev–Trinajstić information content (AvgIpc) is 3.51. The molecule has 2 aromatic heterocycles. The number of nitriles is 1. The van der Waals surface area contributed by atoms with E-state index in [1.165, 1.54) is 5.69 Å². The molecule has 164 valence electrons. The number of pyridine rings is 1. The standard InChI is InChI=1S/C23H30N6O2/c24-15-17-1-7-25-22(13-17)26-23-14-21(29(27-23)19-4-10-30-11-5-19)18-2-8-28(9-3-18)20-6-12-31-16-20/h1,7,13-14,18-20H,2-6,8-12,16H2,(H,25,26,27). The Kier molecular flexibility index (Phi) is 6.16. The molecule has 0 bridgehead atoms. The van der Waals surface area contributed by atoms with Crippen molar-refractivity contribution in [1.82, 2.24) is 19.7 Å². The highest BCUT2D eigenvalue weighted by molar-refractivity contribution is 5.54. The number of nitrogens with one attached hydrogen (secondary N) is 1. The van der Waals surface area contributed by atoms with Gasteiger partial charge in [0, 0.05) is 49.7 Å². The Morgan fingerprint density at radius 3 is 2.48 bits per heavy atom. The third kappa shape index (κ3) is 4.59. The van der Waals surface area contributed by atoms with Gasteiger partial charge in [-0.2, -0.15) is 10.4 Å². The summed E-state index contributed by atoms with van der Waals surface area (Å²) >= 11 is 0. The zero-order chi connectivity index (χ0) is 21.0. The molecule has 3 aliphatic rings. The Morgan fingerprint density at radius 2 is 1.74 bits per heavy atom. The van der Waals surface area contributed by atoms with E-state index in [0.717, 1.165) is 77.4 Å². The van der Waals surface area contributed by atoms with Crippen LogP contribution in [0.1, 0.15) is 55.3 Å². The van der Waals surface area contributed by atoms with Crippen molar-refractivity contribution >= 4 is 11.6 Å². The Labute approximate surface area is 183 Å². The molecule has 1 unspecified atom stereocenters. The fraction of sp³-hybridized carbons (Fsp3) is 0.609. The lowest BCUT2D eigenvalue weighted by Gasteiger charge is -2.36. The molecule has 3 aliphatic heterocycles. The van der Waals surface area contributed by atoms with Crippen LogP contribution in [-0.2, 0) is 9.47 Å². The lowest BCUT2D eigenvalue weighted by atomic mass is 9.91. The highest BCUT2D eigenvalue weighted by Crippen LogP contribution is 2.35. The number of anilines is 2. The van der Waals surface area contributed by atoms with Gasteiger partial charge >= 0.3 is 0 Å². The molecule has 0 amide bonds. The third-order valence-electron chi connectivity index (χ3n) is 6.82. The molecule has 8 heteroatoms. The van der Waals surface area contributed by atoms with Crippen molar-refractivity contribution in [3.8, 4) is 6.07 Å². The maximum absolute atomic E-state index is 9.17. The molecule has 1 atom stereocenters. The summed E-state index contributed by atoms with van der Waals surface area (Å²) in [6.07, 6.45) is 7.09. The Balaban J connectivity index is 1.35. The van der Waals surface area contributed by atoms with Crippen molar-refractivity contribution in [3.63, 3.8) is 0 Å². The summed E-state index contributed by atoms with van der Waals surface area (Å²) in [4.78, 5) is 6.96. The fourth-order valence-corrected chi connectivity index (χ4v) is 5.07. The van der Waals surface area contributed by atoms with Crippen LogP contribution in [0, 0.1) is 11.3 Å². The van der Waals surface area contributed by atoms with E-state index in [4.69, 9.17) is 19.8 Å². The normalized spacial score (nSPS) is 23.6. The van der Waals surface area contributed by atoms with Gasteiger partial charge in [0.1, 0.15) is 5.82 Å². The van der Waals surface area contributed by atoms with Gasteiger partial charge in [-0.15, -0.1) is 0 Å². The van der Waals surface area contributed by atoms with Gasteiger partial charge in [-0.3, -0.25) is 9.58 Å². The molecule has 0 spiro atoms. The van der Waals surface area contributed by atoms with Crippen molar-refractivity contribution in [2.75, 3.05) is 44.8 Å². The SMILES string of the molecule is N#Cc1ccnc(Nc2cc(C3CCN(C4CCOC4)CC3)n(C3CCOCC3)n2)c1. The molecule has 5 rings (SSSR count). The van der Waals surface area contributed by atoms with E-state index in [2.05, 4.69) is 32.0 Å². The number of nitrogens with zero attached hydrogens (tertiary/aromatic N) is 5. The highest BCUT2D eigenvalue weighted by atomic mass is 16.5. The molecule has 3 saturated heterocycles. The first-order valence-electron chi connectivity index (χ1n) is 11.4. The summed E-state index contributed by atoms with van der Waals surface area (Å²) in [5, 5.41) is 17.4. The van der Waals surface area contributed by atoms with E-state index < -0.39 is 0 Å². The number of hydrogen-bond donors (Lipinski definition) is 1. The van der Waals surface area contributed by atoms with E-state index in [1.807, 2.05) is 0 Å². The van der Waals surface area contributed by atoms with Crippen molar-refractivity contribution in [1.29, 1.82) is 5.26 Å². The maximum atomic E-state index is 9.17. The van der Waals surface area contributed by atoms with Crippen molar-refractivity contribution < 1.29 is 9.47 Å². The molecule has 0 aromatic carbocycles. The Hall–Kier alpha value is -2.47. The molecular weight excluding hydrogens is 392 g/mol. The van der Waals surface area contributed by atoms with E-state index >= 15 is 0 Å². The quantitative estimate of drug-likeness (QED) is 0.791. The molecule has 1 N–H and O–H groups in total. The first-order chi connectivity index (χ1) is 15.3.